The zero-order chi connectivity index (χ0) is 13.2. The molecule has 0 aliphatic heterocycles. The Kier molecular flexibility index (Phi) is 2.99. The molecule has 19 heavy (non-hydrogen) atoms. The molecule has 0 radical (unpaired) electrons. The highest BCUT2D eigenvalue weighted by Crippen LogP contribution is 2.15. The van der Waals surface area contributed by atoms with E-state index in [1.165, 1.54) is 5.69 Å². The summed E-state index contributed by atoms with van der Waals surface area (Å²) in [6.45, 7) is 4.24. The molecule has 0 bridgehead atoms. The van der Waals surface area contributed by atoms with Gasteiger partial charge in [0.15, 0.2) is 5.82 Å². The van der Waals surface area contributed by atoms with E-state index in [0.29, 0.717) is 0 Å². The Hall–Kier alpha value is -2.23. The molecule has 0 aliphatic carbocycles. The van der Waals surface area contributed by atoms with Crippen LogP contribution in [0.4, 0.5) is 0 Å². The molecular formula is C15H16N4. The zero-order valence-corrected chi connectivity index (χ0v) is 11.2. The van der Waals surface area contributed by atoms with Crippen LogP contribution in [-0.4, -0.2) is 19.7 Å². The molecule has 0 fully saturated rings. The maximum Gasteiger partial charge on any atom is 0.172 e. The number of fused-ring (bicyclic) bond motifs is 1. The fourth-order valence-corrected chi connectivity index (χ4v) is 2.15. The summed E-state index contributed by atoms with van der Waals surface area (Å²) in [5.74, 6) is 0.787. The fourth-order valence-electron chi connectivity index (χ4n) is 2.15. The van der Waals surface area contributed by atoms with E-state index < -0.39 is 0 Å². The summed E-state index contributed by atoms with van der Waals surface area (Å²) in [7, 11) is 0. The molecule has 0 aliphatic rings. The van der Waals surface area contributed by atoms with Gasteiger partial charge in [-0.15, -0.1) is 0 Å². The van der Waals surface area contributed by atoms with E-state index >= 15 is 0 Å². The van der Waals surface area contributed by atoms with E-state index in [-0.39, 0.29) is 0 Å². The van der Waals surface area contributed by atoms with E-state index in [2.05, 4.69) is 35.0 Å². The minimum atomic E-state index is 0.787. The van der Waals surface area contributed by atoms with Crippen LogP contribution in [-0.2, 0) is 12.8 Å². The lowest BCUT2D eigenvalue weighted by atomic mass is 10.2. The third-order valence-corrected chi connectivity index (χ3v) is 3.21. The van der Waals surface area contributed by atoms with Crippen LogP contribution in [0.2, 0.25) is 0 Å². The SMILES string of the molecule is CCc1cc(CC)n(-c2cnc3ccccc3n2)n1. The lowest BCUT2D eigenvalue weighted by molar-refractivity contribution is 0.772. The first-order valence-electron chi connectivity index (χ1n) is 6.61. The van der Waals surface area contributed by atoms with Crippen LogP contribution in [0.1, 0.15) is 25.2 Å². The molecule has 3 rings (SSSR count). The van der Waals surface area contributed by atoms with Crippen molar-refractivity contribution in [2.45, 2.75) is 26.7 Å². The Morgan fingerprint density at radius 1 is 1.05 bits per heavy atom. The van der Waals surface area contributed by atoms with Gasteiger partial charge in [-0.25, -0.2) is 9.67 Å². The van der Waals surface area contributed by atoms with E-state index in [4.69, 9.17) is 0 Å². The Morgan fingerprint density at radius 2 is 1.84 bits per heavy atom. The molecule has 4 heteroatoms. The van der Waals surface area contributed by atoms with Crippen molar-refractivity contribution in [2.24, 2.45) is 0 Å². The largest absolute Gasteiger partial charge is 0.251 e. The van der Waals surface area contributed by atoms with Gasteiger partial charge in [-0.1, -0.05) is 26.0 Å². The normalized spacial score (nSPS) is 11.1. The second-order valence-electron chi connectivity index (χ2n) is 4.46. The number of aryl methyl sites for hydroxylation is 2. The second-order valence-corrected chi connectivity index (χ2v) is 4.46. The molecule has 2 heterocycles. The summed E-state index contributed by atoms with van der Waals surface area (Å²) < 4.78 is 1.90. The molecule has 0 atom stereocenters. The van der Waals surface area contributed by atoms with Crippen LogP contribution in [0.25, 0.3) is 16.9 Å². The summed E-state index contributed by atoms with van der Waals surface area (Å²) in [6.07, 6.45) is 3.65. The molecule has 3 aromatic rings. The van der Waals surface area contributed by atoms with Gasteiger partial charge in [0, 0.05) is 5.69 Å². The summed E-state index contributed by atoms with van der Waals surface area (Å²) in [6, 6.07) is 10.0. The number of benzene rings is 1. The molecule has 96 valence electrons. The second kappa shape index (κ2) is 4.80. The maximum atomic E-state index is 4.64. The lowest BCUT2D eigenvalue weighted by Gasteiger charge is -2.05. The van der Waals surface area contributed by atoms with Crippen molar-refractivity contribution in [1.29, 1.82) is 0 Å². The van der Waals surface area contributed by atoms with Gasteiger partial charge >= 0.3 is 0 Å². The number of para-hydroxylation sites is 2. The number of nitrogens with zero attached hydrogens (tertiary/aromatic N) is 4. The van der Waals surface area contributed by atoms with Crippen molar-refractivity contribution >= 4 is 11.0 Å². The third kappa shape index (κ3) is 2.10. The molecule has 4 nitrogen and oxygen atoms in total. The van der Waals surface area contributed by atoms with Gasteiger partial charge < -0.3 is 0 Å². The van der Waals surface area contributed by atoms with Crippen LogP contribution >= 0.6 is 0 Å². The lowest BCUT2D eigenvalue weighted by Crippen LogP contribution is -2.05. The van der Waals surface area contributed by atoms with Gasteiger partial charge in [-0.05, 0) is 31.0 Å². The third-order valence-electron chi connectivity index (χ3n) is 3.21. The van der Waals surface area contributed by atoms with Crippen LogP contribution in [0.15, 0.2) is 36.5 Å². The summed E-state index contributed by atoms with van der Waals surface area (Å²) in [5.41, 5.74) is 4.07. The zero-order valence-electron chi connectivity index (χ0n) is 11.2. The van der Waals surface area contributed by atoms with Crippen molar-refractivity contribution in [3.05, 3.63) is 47.9 Å². The van der Waals surface area contributed by atoms with Crippen LogP contribution in [0.5, 0.6) is 0 Å². The average molecular weight is 252 g/mol. The Balaban J connectivity index is 2.15. The monoisotopic (exact) mass is 252 g/mol. The highest BCUT2D eigenvalue weighted by molar-refractivity contribution is 5.74. The Bertz CT molecular complexity index is 715. The summed E-state index contributed by atoms with van der Waals surface area (Å²) in [4.78, 5) is 9.08. The quantitative estimate of drug-likeness (QED) is 0.719. The standard InChI is InChI=1S/C15H16N4/c1-3-11-9-12(4-2)19(18-11)15-10-16-13-7-5-6-8-14(13)17-15/h5-10H,3-4H2,1-2H3. The predicted molar refractivity (Wildman–Crippen MR) is 75.4 cm³/mol. The summed E-state index contributed by atoms with van der Waals surface area (Å²) >= 11 is 0. The van der Waals surface area contributed by atoms with Gasteiger partial charge in [-0.2, -0.15) is 5.10 Å². The number of aromatic nitrogens is 4. The average Bonchev–Trinajstić information content (AvgIpc) is 2.90. The van der Waals surface area contributed by atoms with Crippen LogP contribution < -0.4 is 0 Å². The fraction of sp³-hybridized carbons (Fsp3) is 0.267. The van der Waals surface area contributed by atoms with Crippen molar-refractivity contribution in [3.8, 4) is 5.82 Å². The van der Waals surface area contributed by atoms with Crippen molar-refractivity contribution in [2.75, 3.05) is 0 Å². The molecule has 2 aromatic heterocycles. The van der Waals surface area contributed by atoms with Crippen molar-refractivity contribution in [3.63, 3.8) is 0 Å². The Labute approximate surface area is 112 Å². The molecule has 0 unspecified atom stereocenters. The van der Waals surface area contributed by atoms with Gasteiger partial charge in [0.1, 0.15) is 0 Å². The molecule has 1 aromatic carbocycles. The predicted octanol–water partition coefficient (Wildman–Crippen LogP) is 2.94. The molecular weight excluding hydrogens is 236 g/mol. The van der Waals surface area contributed by atoms with Crippen molar-refractivity contribution in [1.82, 2.24) is 19.7 Å². The van der Waals surface area contributed by atoms with Crippen molar-refractivity contribution < 1.29 is 0 Å². The van der Waals surface area contributed by atoms with Gasteiger partial charge in [-0.3, -0.25) is 4.98 Å². The van der Waals surface area contributed by atoms with E-state index in [1.54, 1.807) is 6.20 Å². The Morgan fingerprint density at radius 3 is 2.58 bits per heavy atom. The molecule has 0 amide bonds. The first-order chi connectivity index (χ1) is 9.31. The number of hydrogen-bond donors (Lipinski definition) is 0. The summed E-state index contributed by atoms with van der Waals surface area (Å²) in [5, 5.41) is 4.59. The van der Waals surface area contributed by atoms with Gasteiger partial charge in [0.05, 0.1) is 22.9 Å². The molecule has 0 saturated heterocycles. The molecule has 0 spiro atoms. The maximum absolute atomic E-state index is 4.64. The topological polar surface area (TPSA) is 43.6 Å². The molecule has 0 N–H and O–H groups in total. The van der Waals surface area contributed by atoms with E-state index in [0.717, 1.165) is 35.4 Å². The molecule has 0 saturated carbocycles. The van der Waals surface area contributed by atoms with Gasteiger partial charge in [0.25, 0.3) is 0 Å². The highest BCUT2D eigenvalue weighted by atomic mass is 15.3. The van der Waals surface area contributed by atoms with E-state index in [1.807, 2.05) is 28.9 Å². The number of hydrogen-bond acceptors (Lipinski definition) is 3. The van der Waals surface area contributed by atoms with E-state index in [9.17, 15) is 0 Å². The van der Waals surface area contributed by atoms with Gasteiger partial charge in [0.2, 0.25) is 0 Å². The first kappa shape index (κ1) is 11.8. The van der Waals surface area contributed by atoms with Crippen LogP contribution in [0.3, 0.4) is 0 Å². The highest BCUT2D eigenvalue weighted by Gasteiger charge is 2.09. The smallest absolute Gasteiger partial charge is 0.172 e. The minimum Gasteiger partial charge on any atom is -0.251 e. The first-order valence-corrected chi connectivity index (χ1v) is 6.61. The minimum absolute atomic E-state index is 0.787. The van der Waals surface area contributed by atoms with Crippen LogP contribution in [0, 0.1) is 0 Å². The number of rotatable bonds is 3.